The Hall–Kier alpha value is -0.540. The Balaban J connectivity index is 2.58. The van der Waals surface area contributed by atoms with Crippen LogP contribution in [0.3, 0.4) is 0 Å². The van der Waals surface area contributed by atoms with Crippen LogP contribution in [0.5, 0.6) is 0 Å². The van der Waals surface area contributed by atoms with Crippen molar-refractivity contribution < 1.29 is 0 Å². The lowest BCUT2D eigenvalue weighted by atomic mass is 10.2. The van der Waals surface area contributed by atoms with Crippen molar-refractivity contribution in [1.29, 1.82) is 0 Å². The summed E-state index contributed by atoms with van der Waals surface area (Å²) in [6, 6.07) is 6.55. The van der Waals surface area contributed by atoms with Crippen molar-refractivity contribution in [2.45, 2.75) is 32.9 Å². The predicted octanol–water partition coefficient (Wildman–Crippen LogP) is 2.92. The molecule has 0 amide bonds. The minimum absolute atomic E-state index is 0.551. The van der Waals surface area contributed by atoms with Gasteiger partial charge in [-0.15, -0.1) is 0 Å². The zero-order chi connectivity index (χ0) is 10.6. The molecule has 0 aromatic heterocycles. The summed E-state index contributed by atoms with van der Waals surface area (Å²) in [6.45, 7) is 5.23. The van der Waals surface area contributed by atoms with E-state index >= 15 is 0 Å². The number of nitrogens with two attached hydrogens (primary N) is 1. The summed E-state index contributed by atoms with van der Waals surface area (Å²) in [7, 11) is 0. The van der Waals surface area contributed by atoms with E-state index in [1.807, 2.05) is 12.1 Å². The third-order valence-electron chi connectivity index (χ3n) is 2.25. The molecule has 2 nitrogen and oxygen atoms in total. The van der Waals surface area contributed by atoms with E-state index in [1.54, 1.807) is 0 Å². The van der Waals surface area contributed by atoms with Gasteiger partial charge in [0.15, 0.2) is 0 Å². The van der Waals surface area contributed by atoms with Gasteiger partial charge in [-0.05, 0) is 37.1 Å². The van der Waals surface area contributed by atoms with Gasteiger partial charge in [-0.1, -0.05) is 22.9 Å². The van der Waals surface area contributed by atoms with Crippen LogP contribution in [0.1, 0.15) is 25.8 Å². The van der Waals surface area contributed by atoms with Crippen LogP contribution in [0.15, 0.2) is 22.7 Å². The maximum Gasteiger partial charge on any atom is 0.0328 e. The first-order valence-corrected chi connectivity index (χ1v) is 5.69. The zero-order valence-electron chi connectivity index (χ0n) is 8.68. The van der Waals surface area contributed by atoms with Gasteiger partial charge in [0.2, 0.25) is 0 Å². The normalized spacial score (nSPS) is 12.8. The van der Waals surface area contributed by atoms with Gasteiger partial charge in [0, 0.05) is 22.7 Å². The first kappa shape index (κ1) is 11.5. The molecule has 0 radical (unpaired) electrons. The molecule has 78 valence electrons. The molecule has 1 aromatic carbocycles. The summed E-state index contributed by atoms with van der Waals surface area (Å²) < 4.78 is 1.04. The maximum atomic E-state index is 5.74. The number of hydrogen-bond acceptors (Lipinski definition) is 2. The smallest absolute Gasteiger partial charge is 0.0328 e. The molecule has 14 heavy (non-hydrogen) atoms. The minimum atomic E-state index is 0.551. The highest BCUT2D eigenvalue weighted by atomic mass is 79.9. The second kappa shape index (κ2) is 5.37. The molecular weight excluding hydrogens is 240 g/mol. The van der Waals surface area contributed by atoms with Crippen LogP contribution in [0.25, 0.3) is 0 Å². The Morgan fingerprint density at radius 2 is 2.14 bits per heavy atom. The molecule has 0 heterocycles. The van der Waals surface area contributed by atoms with E-state index < -0.39 is 0 Å². The number of anilines is 1. The fraction of sp³-hybridized carbons (Fsp3) is 0.455. The van der Waals surface area contributed by atoms with Crippen LogP contribution in [-0.2, 0) is 6.54 Å². The van der Waals surface area contributed by atoms with E-state index in [4.69, 9.17) is 5.73 Å². The molecule has 0 bridgehead atoms. The van der Waals surface area contributed by atoms with Crippen molar-refractivity contribution in [3.63, 3.8) is 0 Å². The zero-order valence-corrected chi connectivity index (χ0v) is 10.3. The minimum Gasteiger partial charge on any atom is -0.399 e. The Morgan fingerprint density at radius 1 is 1.43 bits per heavy atom. The summed E-state index contributed by atoms with van der Waals surface area (Å²) in [4.78, 5) is 0. The molecule has 0 saturated carbocycles. The quantitative estimate of drug-likeness (QED) is 0.814. The highest BCUT2D eigenvalue weighted by Gasteiger charge is 2.00. The van der Waals surface area contributed by atoms with Crippen LogP contribution < -0.4 is 11.1 Å². The summed E-state index contributed by atoms with van der Waals surface area (Å²) in [5, 5.41) is 3.43. The summed E-state index contributed by atoms with van der Waals surface area (Å²) in [6.07, 6.45) is 1.14. The van der Waals surface area contributed by atoms with Crippen LogP contribution in [-0.4, -0.2) is 6.04 Å². The molecule has 0 saturated heterocycles. The summed E-state index contributed by atoms with van der Waals surface area (Å²) in [5.41, 5.74) is 7.77. The average molecular weight is 257 g/mol. The summed E-state index contributed by atoms with van der Waals surface area (Å²) in [5.74, 6) is 0. The Kier molecular flexibility index (Phi) is 4.42. The van der Waals surface area contributed by atoms with Gasteiger partial charge in [0.25, 0.3) is 0 Å². The fourth-order valence-corrected chi connectivity index (χ4v) is 1.77. The maximum absolute atomic E-state index is 5.74. The van der Waals surface area contributed by atoms with Gasteiger partial charge in [-0.2, -0.15) is 0 Å². The first-order valence-electron chi connectivity index (χ1n) is 4.90. The molecule has 1 rings (SSSR count). The Bertz CT molecular complexity index is 279. The van der Waals surface area contributed by atoms with E-state index in [0.29, 0.717) is 6.04 Å². The van der Waals surface area contributed by atoms with Gasteiger partial charge in [-0.25, -0.2) is 0 Å². The second-order valence-electron chi connectivity index (χ2n) is 3.58. The SMILES string of the molecule is CCC(C)NCc1cc(N)cc(Br)c1. The molecule has 3 heteroatoms. The molecule has 0 spiro atoms. The number of hydrogen-bond donors (Lipinski definition) is 2. The van der Waals surface area contributed by atoms with Crippen molar-refractivity contribution in [1.82, 2.24) is 5.32 Å². The molecule has 3 N–H and O–H groups in total. The standard InChI is InChI=1S/C11H17BrN2/c1-3-8(2)14-7-9-4-10(12)6-11(13)5-9/h4-6,8,14H,3,7,13H2,1-2H3. The number of rotatable bonds is 4. The molecule has 0 aliphatic rings. The van der Waals surface area contributed by atoms with E-state index in [9.17, 15) is 0 Å². The van der Waals surface area contributed by atoms with Crippen molar-refractivity contribution in [2.75, 3.05) is 5.73 Å². The molecule has 0 aliphatic carbocycles. The monoisotopic (exact) mass is 256 g/mol. The molecule has 1 aromatic rings. The second-order valence-corrected chi connectivity index (χ2v) is 4.50. The van der Waals surface area contributed by atoms with E-state index in [0.717, 1.165) is 23.1 Å². The van der Waals surface area contributed by atoms with Crippen LogP contribution in [0.2, 0.25) is 0 Å². The number of nitrogen functional groups attached to an aromatic ring is 1. The first-order chi connectivity index (χ1) is 6.61. The lowest BCUT2D eigenvalue weighted by Gasteiger charge is -2.11. The lowest BCUT2D eigenvalue weighted by Crippen LogP contribution is -2.24. The Morgan fingerprint density at radius 3 is 2.71 bits per heavy atom. The predicted molar refractivity (Wildman–Crippen MR) is 65.1 cm³/mol. The van der Waals surface area contributed by atoms with Gasteiger partial charge < -0.3 is 11.1 Å². The van der Waals surface area contributed by atoms with Crippen LogP contribution >= 0.6 is 15.9 Å². The van der Waals surface area contributed by atoms with Crippen molar-refractivity contribution in [3.8, 4) is 0 Å². The fourth-order valence-electron chi connectivity index (χ4n) is 1.21. The third kappa shape index (κ3) is 3.68. The molecule has 0 fully saturated rings. The highest BCUT2D eigenvalue weighted by Crippen LogP contribution is 2.17. The van der Waals surface area contributed by atoms with Crippen LogP contribution in [0, 0.1) is 0 Å². The van der Waals surface area contributed by atoms with Gasteiger partial charge in [-0.3, -0.25) is 0 Å². The van der Waals surface area contributed by atoms with Gasteiger partial charge in [0.1, 0.15) is 0 Å². The van der Waals surface area contributed by atoms with Crippen LogP contribution in [0.4, 0.5) is 5.69 Å². The van der Waals surface area contributed by atoms with Gasteiger partial charge in [0.05, 0.1) is 0 Å². The van der Waals surface area contributed by atoms with Crippen molar-refractivity contribution in [3.05, 3.63) is 28.2 Å². The molecule has 1 unspecified atom stereocenters. The Labute approximate surface area is 94.0 Å². The lowest BCUT2D eigenvalue weighted by molar-refractivity contribution is 0.534. The number of halogens is 1. The molecule has 0 aliphatic heterocycles. The average Bonchev–Trinajstić information content (AvgIpc) is 2.12. The highest BCUT2D eigenvalue weighted by molar-refractivity contribution is 9.10. The topological polar surface area (TPSA) is 38.0 Å². The van der Waals surface area contributed by atoms with Gasteiger partial charge >= 0.3 is 0 Å². The third-order valence-corrected chi connectivity index (χ3v) is 2.70. The van der Waals surface area contributed by atoms with Crippen molar-refractivity contribution in [2.24, 2.45) is 0 Å². The van der Waals surface area contributed by atoms with E-state index in [2.05, 4.69) is 41.2 Å². The number of nitrogens with one attached hydrogen (secondary N) is 1. The number of benzene rings is 1. The largest absolute Gasteiger partial charge is 0.399 e. The van der Waals surface area contributed by atoms with E-state index in [1.165, 1.54) is 5.56 Å². The molecule has 1 atom stereocenters. The summed E-state index contributed by atoms with van der Waals surface area (Å²) >= 11 is 3.43. The van der Waals surface area contributed by atoms with Crippen molar-refractivity contribution >= 4 is 21.6 Å². The van der Waals surface area contributed by atoms with E-state index in [-0.39, 0.29) is 0 Å². The molecular formula is C11H17BrN2.